The molecule has 1 aromatic carbocycles. The third kappa shape index (κ3) is 1.34. The number of hydrogen-bond donors (Lipinski definition) is 1. The fourth-order valence-electron chi connectivity index (χ4n) is 1.19. The third-order valence-electron chi connectivity index (χ3n) is 1.89. The maximum Gasteiger partial charge on any atom is 0.119 e. The van der Waals surface area contributed by atoms with Gasteiger partial charge in [-0.05, 0) is 18.2 Å². The number of methoxy groups -OCH3 is 1. The highest BCUT2D eigenvalue weighted by Crippen LogP contribution is 2.38. The van der Waals surface area contributed by atoms with Crippen LogP contribution in [0.3, 0.4) is 0 Å². The van der Waals surface area contributed by atoms with Crippen molar-refractivity contribution in [3.05, 3.63) is 22.5 Å². The number of nitrogens with two attached hydrogens (primary N) is 1. The Hall–Kier alpha value is -0.930. The van der Waals surface area contributed by atoms with Crippen molar-refractivity contribution in [2.24, 2.45) is 0 Å². The molecule has 0 fully saturated rings. The van der Waals surface area contributed by atoms with Crippen LogP contribution >= 0.6 is 22.9 Å². The molecule has 68 valence electrons. The molecule has 0 saturated carbocycles. The maximum atomic E-state index is 5.90. The average Bonchev–Trinajstić information content (AvgIpc) is 2.43. The molecule has 13 heavy (non-hydrogen) atoms. The number of rotatable bonds is 1. The van der Waals surface area contributed by atoms with Crippen molar-refractivity contribution >= 4 is 38.7 Å². The van der Waals surface area contributed by atoms with Crippen LogP contribution in [-0.2, 0) is 0 Å². The summed E-state index contributed by atoms with van der Waals surface area (Å²) >= 11 is 7.38. The van der Waals surface area contributed by atoms with E-state index in [2.05, 4.69) is 0 Å². The van der Waals surface area contributed by atoms with Gasteiger partial charge in [-0.1, -0.05) is 11.6 Å². The zero-order valence-corrected chi connectivity index (χ0v) is 8.58. The van der Waals surface area contributed by atoms with Gasteiger partial charge in [0.25, 0.3) is 0 Å². The van der Waals surface area contributed by atoms with Crippen LogP contribution in [0.2, 0.25) is 4.34 Å². The predicted molar refractivity (Wildman–Crippen MR) is 57.8 cm³/mol. The number of halogens is 1. The Morgan fingerprint density at radius 2 is 2.23 bits per heavy atom. The van der Waals surface area contributed by atoms with Crippen molar-refractivity contribution < 1.29 is 4.74 Å². The van der Waals surface area contributed by atoms with Crippen molar-refractivity contribution in [2.45, 2.75) is 0 Å². The largest absolute Gasteiger partial charge is 0.497 e. The summed E-state index contributed by atoms with van der Waals surface area (Å²) in [5, 5.41) is 0.967. The van der Waals surface area contributed by atoms with E-state index < -0.39 is 0 Å². The second-order valence-electron chi connectivity index (χ2n) is 2.65. The summed E-state index contributed by atoms with van der Waals surface area (Å²) < 4.78 is 6.82. The Balaban J connectivity index is 2.75. The Morgan fingerprint density at radius 1 is 1.46 bits per heavy atom. The quantitative estimate of drug-likeness (QED) is 0.790. The highest BCUT2D eigenvalue weighted by Gasteiger charge is 2.07. The van der Waals surface area contributed by atoms with Gasteiger partial charge in [0.15, 0.2) is 0 Å². The van der Waals surface area contributed by atoms with Crippen molar-refractivity contribution in [1.29, 1.82) is 0 Å². The molecule has 0 spiro atoms. The number of benzene rings is 1. The van der Waals surface area contributed by atoms with Crippen LogP contribution < -0.4 is 10.5 Å². The summed E-state index contributed by atoms with van der Waals surface area (Å²) in [5.41, 5.74) is 6.42. The van der Waals surface area contributed by atoms with Crippen LogP contribution in [0.1, 0.15) is 0 Å². The van der Waals surface area contributed by atoms with Gasteiger partial charge in [-0.2, -0.15) is 0 Å². The molecule has 0 aliphatic rings. The standard InChI is InChI=1S/C9H8ClNOS/c1-12-5-2-3-7-6(4-5)8(11)9(10)13-7/h2-4H,11H2,1H3. The highest BCUT2D eigenvalue weighted by molar-refractivity contribution is 7.23. The van der Waals surface area contributed by atoms with Crippen molar-refractivity contribution in [2.75, 3.05) is 12.8 Å². The minimum absolute atomic E-state index is 0.639. The predicted octanol–water partition coefficient (Wildman–Crippen LogP) is 3.15. The Kier molecular flexibility index (Phi) is 2.06. The van der Waals surface area contributed by atoms with E-state index in [-0.39, 0.29) is 0 Å². The summed E-state index contributed by atoms with van der Waals surface area (Å²) in [6.07, 6.45) is 0. The van der Waals surface area contributed by atoms with E-state index in [9.17, 15) is 0 Å². The van der Waals surface area contributed by atoms with E-state index in [0.717, 1.165) is 15.8 Å². The zero-order chi connectivity index (χ0) is 9.42. The average molecular weight is 214 g/mol. The summed E-state index contributed by atoms with van der Waals surface area (Å²) in [5.74, 6) is 0.800. The fraction of sp³-hybridized carbons (Fsp3) is 0.111. The van der Waals surface area contributed by atoms with Gasteiger partial charge in [0.05, 0.1) is 12.8 Å². The Morgan fingerprint density at radius 3 is 2.92 bits per heavy atom. The minimum atomic E-state index is 0.639. The first-order valence-electron chi connectivity index (χ1n) is 3.74. The van der Waals surface area contributed by atoms with E-state index in [0.29, 0.717) is 10.0 Å². The lowest BCUT2D eigenvalue weighted by atomic mass is 10.2. The third-order valence-corrected chi connectivity index (χ3v) is 3.30. The van der Waals surface area contributed by atoms with E-state index in [1.54, 1.807) is 7.11 Å². The molecule has 1 aromatic heterocycles. The van der Waals surface area contributed by atoms with Gasteiger partial charge in [0, 0.05) is 10.1 Å². The molecule has 4 heteroatoms. The highest BCUT2D eigenvalue weighted by atomic mass is 35.5. The van der Waals surface area contributed by atoms with Gasteiger partial charge < -0.3 is 10.5 Å². The van der Waals surface area contributed by atoms with Crippen LogP contribution in [0.4, 0.5) is 5.69 Å². The molecular formula is C9H8ClNOS. The smallest absolute Gasteiger partial charge is 0.119 e. The lowest BCUT2D eigenvalue weighted by Gasteiger charge is -1.98. The lowest BCUT2D eigenvalue weighted by molar-refractivity contribution is 0.415. The Bertz CT molecular complexity index is 452. The summed E-state index contributed by atoms with van der Waals surface area (Å²) in [6, 6.07) is 5.75. The zero-order valence-electron chi connectivity index (χ0n) is 7.00. The molecule has 0 aliphatic heterocycles. The van der Waals surface area contributed by atoms with Gasteiger partial charge >= 0.3 is 0 Å². The first-order chi connectivity index (χ1) is 6.22. The van der Waals surface area contributed by atoms with Gasteiger partial charge in [0.1, 0.15) is 10.1 Å². The molecule has 2 N–H and O–H groups in total. The number of thiophene rings is 1. The molecular weight excluding hydrogens is 206 g/mol. The number of nitrogen functional groups attached to an aromatic ring is 1. The second-order valence-corrected chi connectivity index (χ2v) is 4.31. The molecule has 2 rings (SSSR count). The van der Waals surface area contributed by atoms with Crippen LogP contribution in [0.25, 0.3) is 10.1 Å². The molecule has 0 amide bonds. The SMILES string of the molecule is COc1ccc2sc(Cl)c(N)c2c1. The molecule has 1 heterocycles. The van der Waals surface area contributed by atoms with Gasteiger partial charge in [-0.3, -0.25) is 0 Å². The molecule has 0 radical (unpaired) electrons. The number of fused-ring (bicyclic) bond motifs is 1. The minimum Gasteiger partial charge on any atom is -0.497 e. The van der Waals surface area contributed by atoms with E-state index in [1.807, 2.05) is 18.2 Å². The van der Waals surface area contributed by atoms with Gasteiger partial charge in [-0.25, -0.2) is 0 Å². The molecule has 2 nitrogen and oxygen atoms in total. The van der Waals surface area contributed by atoms with E-state index in [4.69, 9.17) is 22.1 Å². The monoisotopic (exact) mass is 213 g/mol. The number of anilines is 1. The van der Waals surface area contributed by atoms with Crippen LogP contribution in [0, 0.1) is 0 Å². The summed E-state index contributed by atoms with van der Waals surface area (Å²) in [6.45, 7) is 0. The molecule has 0 bridgehead atoms. The summed E-state index contributed by atoms with van der Waals surface area (Å²) in [7, 11) is 1.63. The number of hydrogen-bond acceptors (Lipinski definition) is 3. The first-order valence-corrected chi connectivity index (χ1v) is 4.93. The molecule has 0 unspecified atom stereocenters. The Labute approximate surface area is 84.9 Å². The van der Waals surface area contributed by atoms with Gasteiger partial charge in [0.2, 0.25) is 0 Å². The van der Waals surface area contributed by atoms with E-state index in [1.165, 1.54) is 11.3 Å². The molecule has 0 saturated heterocycles. The first kappa shape index (κ1) is 8.66. The normalized spacial score (nSPS) is 10.6. The molecule has 0 aliphatic carbocycles. The lowest BCUT2D eigenvalue weighted by Crippen LogP contribution is -1.84. The maximum absolute atomic E-state index is 5.90. The van der Waals surface area contributed by atoms with Gasteiger partial charge in [-0.15, -0.1) is 11.3 Å². The van der Waals surface area contributed by atoms with Crippen LogP contribution in [0.5, 0.6) is 5.75 Å². The van der Waals surface area contributed by atoms with E-state index >= 15 is 0 Å². The van der Waals surface area contributed by atoms with Crippen LogP contribution in [0.15, 0.2) is 18.2 Å². The molecule has 2 aromatic rings. The second kappa shape index (κ2) is 3.09. The van der Waals surface area contributed by atoms with Crippen molar-refractivity contribution in [1.82, 2.24) is 0 Å². The fourth-order valence-corrected chi connectivity index (χ4v) is 2.37. The molecule has 0 atom stereocenters. The van der Waals surface area contributed by atoms with Crippen molar-refractivity contribution in [3.8, 4) is 5.75 Å². The topological polar surface area (TPSA) is 35.2 Å². The van der Waals surface area contributed by atoms with Crippen molar-refractivity contribution in [3.63, 3.8) is 0 Å². The number of ether oxygens (including phenoxy) is 1. The summed E-state index contributed by atoms with van der Waals surface area (Å²) in [4.78, 5) is 0. The van der Waals surface area contributed by atoms with Crippen LogP contribution in [-0.4, -0.2) is 7.11 Å².